The molecule has 0 aromatic heterocycles. The number of carbonyl (C=O) groups excluding carboxylic acids is 2. The van der Waals surface area contributed by atoms with Gasteiger partial charge in [-0.3, -0.25) is 4.79 Å². The normalized spacial score (nSPS) is 20.7. The van der Waals surface area contributed by atoms with Gasteiger partial charge in [-0.2, -0.15) is 0 Å². The molecule has 1 fully saturated rings. The number of amides is 1. The van der Waals surface area contributed by atoms with Gasteiger partial charge in [0.25, 0.3) is 0 Å². The minimum absolute atomic E-state index is 0. The minimum atomic E-state index is -3.49. The predicted octanol–water partition coefficient (Wildman–Crippen LogP) is -4.94. The fourth-order valence-electron chi connectivity index (χ4n) is 1.93. The molecule has 0 unspecified atom stereocenters. The van der Waals surface area contributed by atoms with E-state index < -0.39 is 34.0 Å². The maximum Gasteiger partial charge on any atom is 1.00 e. The van der Waals surface area contributed by atoms with Crippen molar-refractivity contribution in [3.63, 3.8) is 0 Å². The van der Waals surface area contributed by atoms with Crippen molar-refractivity contribution in [2.24, 2.45) is 0 Å². The van der Waals surface area contributed by atoms with Crippen molar-refractivity contribution in [2.75, 3.05) is 12.3 Å². The molecular formula is C10H17KN2O5S. The molecule has 1 aliphatic heterocycles. The van der Waals surface area contributed by atoms with Crippen LogP contribution in [0.4, 0.5) is 0 Å². The van der Waals surface area contributed by atoms with Crippen molar-refractivity contribution in [2.45, 2.75) is 38.8 Å². The van der Waals surface area contributed by atoms with Crippen LogP contribution in [0.5, 0.6) is 0 Å². The van der Waals surface area contributed by atoms with E-state index in [4.69, 9.17) is 0 Å². The number of carboxylic acid groups (broad SMARTS) is 1. The average Bonchev–Trinajstić information content (AvgIpc) is 2.76. The van der Waals surface area contributed by atoms with Gasteiger partial charge >= 0.3 is 51.4 Å². The summed E-state index contributed by atoms with van der Waals surface area (Å²) >= 11 is 0. The molecule has 1 heterocycles. The Labute approximate surface area is 155 Å². The molecule has 0 aliphatic carbocycles. The first-order valence-corrected chi connectivity index (χ1v) is 7.45. The fraction of sp³-hybridized carbons (Fsp3) is 0.800. The summed E-state index contributed by atoms with van der Waals surface area (Å²) in [6.45, 7) is 3.18. The second-order valence-corrected chi connectivity index (χ2v) is 6.29. The Bertz CT molecular complexity index is 439. The van der Waals surface area contributed by atoms with Crippen LogP contribution in [-0.4, -0.2) is 49.6 Å². The maximum atomic E-state index is 12.0. The largest absolute Gasteiger partial charge is 1.00 e. The molecule has 7 nitrogen and oxygen atoms in total. The van der Waals surface area contributed by atoms with E-state index in [1.54, 1.807) is 0 Å². The molecule has 104 valence electrons. The molecule has 0 aromatic carbocycles. The number of hydrogen-bond acceptors (Lipinski definition) is 5. The topological polar surface area (TPSA) is 107 Å². The van der Waals surface area contributed by atoms with Crippen LogP contribution in [0.2, 0.25) is 0 Å². The van der Waals surface area contributed by atoms with Gasteiger partial charge in [-0.25, -0.2) is 13.1 Å². The van der Waals surface area contributed by atoms with Crippen LogP contribution in [0.15, 0.2) is 0 Å². The first-order chi connectivity index (χ1) is 8.28. The summed E-state index contributed by atoms with van der Waals surface area (Å²) in [5.41, 5.74) is 0. The van der Waals surface area contributed by atoms with Crippen LogP contribution in [0, 0.1) is 0 Å². The van der Waals surface area contributed by atoms with Gasteiger partial charge in [0, 0.05) is 6.54 Å². The van der Waals surface area contributed by atoms with Crippen LogP contribution in [-0.2, 0) is 19.6 Å². The molecular weight excluding hydrogens is 299 g/mol. The molecule has 1 saturated heterocycles. The Balaban J connectivity index is 0.00000324. The predicted molar refractivity (Wildman–Crippen MR) is 61.8 cm³/mol. The first kappa shape index (κ1) is 19.5. The van der Waals surface area contributed by atoms with Crippen LogP contribution < -0.4 is 61.2 Å². The fourth-order valence-corrected chi connectivity index (χ4v) is 2.73. The van der Waals surface area contributed by atoms with E-state index in [9.17, 15) is 23.1 Å². The van der Waals surface area contributed by atoms with Crippen LogP contribution in [0.25, 0.3) is 0 Å². The van der Waals surface area contributed by atoms with E-state index in [0.717, 1.165) is 4.90 Å². The average molecular weight is 316 g/mol. The summed E-state index contributed by atoms with van der Waals surface area (Å²) in [5.74, 6) is -1.96. The Kier molecular flexibility index (Phi) is 8.26. The number of nitrogens with zero attached hydrogens (tertiary/aromatic N) is 1. The summed E-state index contributed by atoms with van der Waals surface area (Å²) in [4.78, 5) is 24.0. The third-order valence-electron chi connectivity index (χ3n) is 2.91. The Morgan fingerprint density at radius 2 is 2.05 bits per heavy atom. The molecule has 1 N–H and O–H groups in total. The van der Waals surface area contributed by atoms with Gasteiger partial charge in [-0.05, 0) is 26.7 Å². The monoisotopic (exact) mass is 316 g/mol. The number of nitrogens with one attached hydrogen (secondary N) is 1. The van der Waals surface area contributed by atoms with Gasteiger partial charge in [0.1, 0.15) is 0 Å². The van der Waals surface area contributed by atoms with E-state index in [-0.39, 0.29) is 57.1 Å². The number of sulfonamides is 1. The Morgan fingerprint density at radius 3 is 2.53 bits per heavy atom. The minimum Gasteiger partial charge on any atom is -0.548 e. The van der Waals surface area contributed by atoms with Crippen molar-refractivity contribution >= 4 is 21.9 Å². The number of carbonyl (C=O) groups is 2. The molecule has 0 spiro atoms. The third kappa shape index (κ3) is 5.41. The van der Waals surface area contributed by atoms with E-state index in [1.807, 2.05) is 0 Å². The zero-order chi connectivity index (χ0) is 13.9. The second-order valence-electron chi connectivity index (χ2n) is 4.25. The first-order valence-electron chi connectivity index (χ1n) is 5.80. The molecule has 0 aromatic rings. The van der Waals surface area contributed by atoms with Crippen LogP contribution >= 0.6 is 0 Å². The van der Waals surface area contributed by atoms with E-state index in [2.05, 4.69) is 4.72 Å². The van der Waals surface area contributed by atoms with Crippen molar-refractivity contribution in [1.82, 2.24) is 9.62 Å². The third-order valence-corrected chi connectivity index (χ3v) is 4.39. The maximum absolute atomic E-state index is 12.0. The SMILES string of the molecule is CCS(=O)(=O)N[C@@H](C)C(=O)N1CCC[C@H]1C(=O)[O-].[K+]. The van der Waals surface area contributed by atoms with Gasteiger partial charge in [0.2, 0.25) is 15.9 Å². The van der Waals surface area contributed by atoms with Crippen molar-refractivity contribution < 1.29 is 74.5 Å². The van der Waals surface area contributed by atoms with E-state index >= 15 is 0 Å². The van der Waals surface area contributed by atoms with Crippen molar-refractivity contribution in [3.05, 3.63) is 0 Å². The van der Waals surface area contributed by atoms with Gasteiger partial charge in [0.05, 0.1) is 23.8 Å². The standard InChI is InChI=1S/C10H18N2O5S.K/c1-3-18(16,17)11-7(2)9(13)12-6-4-5-8(12)10(14)15;/h7-8,11H,3-6H2,1-2H3,(H,14,15);/q;+1/p-1/t7-,8-;/m0./s1. The number of carboxylic acids is 1. The molecule has 1 rings (SSSR count). The molecule has 9 heteroatoms. The molecule has 19 heavy (non-hydrogen) atoms. The quantitative estimate of drug-likeness (QED) is 0.512. The summed E-state index contributed by atoms with van der Waals surface area (Å²) in [6.07, 6.45) is 0.930. The van der Waals surface area contributed by atoms with Crippen molar-refractivity contribution in [1.29, 1.82) is 0 Å². The zero-order valence-corrected chi connectivity index (χ0v) is 15.3. The Hall–Kier alpha value is 0.486. The summed E-state index contributed by atoms with van der Waals surface area (Å²) in [5, 5.41) is 10.8. The van der Waals surface area contributed by atoms with Gasteiger partial charge < -0.3 is 14.8 Å². The molecule has 0 radical (unpaired) electrons. The van der Waals surface area contributed by atoms with Crippen LogP contribution in [0.3, 0.4) is 0 Å². The van der Waals surface area contributed by atoms with Gasteiger partial charge in [-0.15, -0.1) is 0 Å². The molecule has 0 bridgehead atoms. The van der Waals surface area contributed by atoms with Crippen LogP contribution in [0.1, 0.15) is 26.7 Å². The van der Waals surface area contributed by atoms with E-state index in [1.165, 1.54) is 13.8 Å². The smallest absolute Gasteiger partial charge is 0.548 e. The zero-order valence-electron chi connectivity index (χ0n) is 11.4. The Morgan fingerprint density at radius 1 is 1.47 bits per heavy atom. The number of rotatable bonds is 5. The van der Waals surface area contributed by atoms with E-state index in [0.29, 0.717) is 19.4 Å². The number of aliphatic carboxylic acids is 1. The molecule has 0 saturated carbocycles. The molecule has 1 amide bonds. The molecule has 1 aliphatic rings. The number of likely N-dealkylation sites (tertiary alicyclic amines) is 1. The van der Waals surface area contributed by atoms with Gasteiger partial charge in [-0.1, -0.05) is 0 Å². The second kappa shape index (κ2) is 8.06. The summed E-state index contributed by atoms with van der Waals surface area (Å²) < 4.78 is 24.9. The molecule has 2 atom stereocenters. The summed E-state index contributed by atoms with van der Waals surface area (Å²) in [7, 11) is -3.49. The van der Waals surface area contributed by atoms with Crippen molar-refractivity contribution in [3.8, 4) is 0 Å². The summed E-state index contributed by atoms with van der Waals surface area (Å²) in [6, 6.07) is -1.92. The number of hydrogen-bond donors (Lipinski definition) is 1. The van der Waals surface area contributed by atoms with Gasteiger partial charge in [0.15, 0.2) is 0 Å².